The zero-order chi connectivity index (χ0) is 14.3. The van der Waals surface area contributed by atoms with Crippen LogP contribution >= 0.6 is 0 Å². The van der Waals surface area contributed by atoms with E-state index in [1.54, 1.807) is 7.05 Å². The van der Waals surface area contributed by atoms with Crippen molar-refractivity contribution in [3.63, 3.8) is 0 Å². The van der Waals surface area contributed by atoms with Crippen molar-refractivity contribution in [1.29, 1.82) is 0 Å². The highest BCUT2D eigenvalue weighted by Crippen LogP contribution is 2.09. The molecule has 0 spiro atoms. The minimum Gasteiger partial charge on any atom is -0.478 e. The van der Waals surface area contributed by atoms with Crippen molar-refractivity contribution in [3.8, 4) is 0 Å². The highest BCUT2D eigenvalue weighted by Gasteiger charge is 2.10. The van der Waals surface area contributed by atoms with Gasteiger partial charge in [-0.2, -0.15) is 0 Å². The molecule has 19 heavy (non-hydrogen) atoms. The average Bonchev–Trinajstić information content (AvgIpc) is 2.39. The molecular weight excluding hydrogens is 250 g/mol. The summed E-state index contributed by atoms with van der Waals surface area (Å²) in [6.07, 6.45) is 2.61. The molecule has 1 aromatic rings. The fourth-order valence-corrected chi connectivity index (χ4v) is 1.29. The SMILES string of the molecule is CCOCCN(C)C(=O)Nc1cncc(C(=O)O)c1. The Hall–Kier alpha value is -2.15. The van der Waals surface area contributed by atoms with Gasteiger partial charge in [-0.15, -0.1) is 0 Å². The van der Waals surface area contributed by atoms with Crippen LogP contribution < -0.4 is 5.32 Å². The summed E-state index contributed by atoms with van der Waals surface area (Å²) in [5.74, 6) is -1.09. The summed E-state index contributed by atoms with van der Waals surface area (Å²) in [5, 5.41) is 11.4. The molecule has 0 saturated carbocycles. The second-order valence-corrected chi connectivity index (χ2v) is 3.82. The lowest BCUT2D eigenvalue weighted by atomic mass is 10.2. The summed E-state index contributed by atoms with van der Waals surface area (Å²) in [4.78, 5) is 27.7. The molecule has 0 radical (unpaired) electrons. The zero-order valence-electron chi connectivity index (χ0n) is 10.9. The molecule has 0 bridgehead atoms. The average molecular weight is 267 g/mol. The first-order valence-corrected chi connectivity index (χ1v) is 5.82. The molecule has 1 heterocycles. The van der Waals surface area contributed by atoms with Gasteiger partial charge >= 0.3 is 12.0 Å². The van der Waals surface area contributed by atoms with Gasteiger partial charge in [0.05, 0.1) is 24.1 Å². The zero-order valence-corrected chi connectivity index (χ0v) is 10.9. The maximum atomic E-state index is 11.8. The number of pyridine rings is 1. The molecule has 7 nitrogen and oxygen atoms in total. The minimum absolute atomic E-state index is 0.0229. The summed E-state index contributed by atoms with van der Waals surface area (Å²) in [6.45, 7) is 3.38. The predicted molar refractivity (Wildman–Crippen MR) is 69.3 cm³/mol. The number of likely N-dealkylation sites (N-methyl/N-ethyl adjacent to an activating group) is 1. The normalized spacial score (nSPS) is 10.0. The molecule has 2 N–H and O–H groups in total. The molecule has 0 fully saturated rings. The number of rotatable bonds is 6. The topological polar surface area (TPSA) is 91.8 Å². The first-order chi connectivity index (χ1) is 9.04. The number of nitrogens with zero attached hydrogens (tertiary/aromatic N) is 2. The number of amides is 2. The van der Waals surface area contributed by atoms with Crippen molar-refractivity contribution in [1.82, 2.24) is 9.88 Å². The number of aromatic carboxylic acids is 1. The summed E-state index contributed by atoms with van der Waals surface area (Å²) >= 11 is 0. The quantitative estimate of drug-likeness (QED) is 0.757. The van der Waals surface area contributed by atoms with Crippen LogP contribution in [0.15, 0.2) is 18.5 Å². The Morgan fingerprint density at radius 2 is 2.21 bits per heavy atom. The van der Waals surface area contributed by atoms with E-state index in [9.17, 15) is 9.59 Å². The number of urea groups is 1. The van der Waals surface area contributed by atoms with E-state index in [2.05, 4.69) is 10.3 Å². The second kappa shape index (κ2) is 7.32. The third kappa shape index (κ3) is 4.92. The number of hydrogen-bond donors (Lipinski definition) is 2. The lowest BCUT2D eigenvalue weighted by molar-refractivity contribution is 0.0696. The van der Waals surface area contributed by atoms with Crippen molar-refractivity contribution < 1.29 is 19.4 Å². The van der Waals surface area contributed by atoms with Crippen LogP contribution in [0.25, 0.3) is 0 Å². The third-order valence-electron chi connectivity index (χ3n) is 2.36. The van der Waals surface area contributed by atoms with E-state index in [0.717, 1.165) is 0 Å². The maximum Gasteiger partial charge on any atom is 0.337 e. The standard InChI is InChI=1S/C12H17N3O4/c1-3-19-5-4-15(2)12(18)14-10-6-9(11(16)17)7-13-8-10/h6-8H,3-5H2,1-2H3,(H,14,18)(H,16,17). The van der Waals surface area contributed by atoms with Crippen LogP contribution in [0.1, 0.15) is 17.3 Å². The van der Waals surface area contributed by atoms with Crippen LogP contribution in [-0.2, 0) is 4.74 Å². The predicted octanol–water partition coefficient (Wildman–Crippen LogP) is 1.28. The van der Waals surface area contributed by atoms with Gasteiger partial charge in [0.1, 0.15) is 0 Å². The third-order valence-corrected chi connectivity index (χ3v) is 2.36. The first-order valence-electron chi connectivity index (χ1n) is 5.82. The van der Waals surface area contributed by atoms with E-state index >= 15 is 0 Å². The maximum absolute atomic E-state index is 11.8. The monoisotopic (exact) mass is 267 g/mol. The van der Waals surface area contributed by atoms with E-state index in [-0.39, 0.29) is 11.6 Å². The molecule has 1 aromatic heterocycles. The fraction of sp³-hybridized carbons (Fsp3) is 0.417. The second-order valence-electron chi connectivity index (χ2n) is 3.82. The van der Waals surface area contributed by atoms with Crippen LogP contribution in [0.5, 0.6) is 0 Å². The van der Waals surface area contributed by atoms with Crippen LogP contribution in [0, 0.1) is 0 Å². The summed E-state index contributed by atoms with van der Waals surface area (Å²) in [6, 6.07) is 1.01. The number of hydrogen-bond acceptors (Lipinski definition) is 4. The fourth-order valence-electron chi connectivity index (χ4n) is 1.29. The van der Waals surface area contributed by atoms with Gasteiger partial charge in [-0.1, -0.05) is 0 Å². The molecule has 104 valence electrons. The van der Waals surface area contributed by atoms with Crippen LogP contribution in [0.3, 0.4) is 0 Å². The minimum atomic E-state index is -1.09. The number of nitrogens with one attached hydrogen (secondary N) is 1. The molecular formula is C12H17N3O4. The summed E-state index contributed by atoms with van der Waals surface area (Å²) in [7, 11) is 1.63. The number of ether oxygens (including phenoxy) is 1. The Bertz CT molecular complexity index is 450. The first kappa shape index (κ1) is 14.9. The van der Waals surface area contributed by atoms with Gasteiger partial charge < -0.3 is 20.1 Å². The van der Waals surface area contributed by atoms with Crippen LogP contribution in [0.2, 0.25) is 0 Å². The number of carbonyl (C=O) groups excluding carboxylic acids is 1. The lowest BCUT2D eigenvalue weighted by Crippen LogP contribution is -2.34. The van der Waals surface area contributed by atoms with E-state index in [1.807, 2.05) is 6.92 Å². The van der Waals surface area contributed by atoms with Crippen LogP contribution in [-0.4, -0.2) is 53.8 Å². The smallest absolute Gasteiger partial charge is 0.337 e. The van der Waals surface area contributed by atoms with Crippen molar-refractivity contribution >= 4 is 17.7 Å². The lowest BCUT2D eigenvalue weighted by Gasteiger charge is -2.17. The van der Waals surface area contributed by atoms with Gasteiger partial charge in [0, 0.05) is 26.4 Å². The molecule has 1 rings (SSSR count). The number of anilines is 1. The van der Waals surface area contributed by atoms with Crippen molar-refractivity contribution in [2.75, 3.05) is 32.1 Å². The number of carboxylic acid groups (broad SMARTS) is 1. The molecule has 0 unspecified atom stereocenters. The Balaban J connectivity index is 2.56. The van der Waals surface area contributed by atoms with Gasteiger partial charge in [-0.05, 0) is 13.0 Å². The molecule has 7 heteroatoms. The van der Waals surface area contributed by atoms with Gasteiger partial charge in [-0.25, -0.2) is 9.59 Å². The van der Waals surface area contributed by atoms with Crippen molar-refractivity contribution in [2.24, 2.45) is 0 Å². The number of carbonyl (C=O) groups is 2. The number of carboxylic acids is 1. The van der Waals surface area contributed by atoms with Crippen LogP contribution in [0.4, 0.5) is 10.5 Å². The Labute approximate surface area is 111 Å². The Morgan fingerprint density at radius 1 is 1.47 bits per heavy atom. The Kier molecular flexibility index (Phi) is 5.74. The van der Waals surface area contributed by atoms with E-state index < -0.39 is 5.97 Å². The van der Waals surface area contributed by atoms with Gasteiger partial charge in [0.2, 0.25) is 0 Å². The molecule has 0 aliphatic rings. The van der Waals surface area contributed by atoms with E-state index in [0.29, 0.717) is 25.4 Å². The molecule has 0 aromatic carbocycles. The van der Waals surface area contributed by atoms with Gasteiger partial charge in [0.15, 0.2) is 0 Å². The number of aromatic nitrogens is 1. The van der Waals surface area contributed by atoms with Crippen molar-refractivity contribution in [3.05, 3.63) is 24.0 Å². The van der Waals surface area contributed by atoms with E-state index in [4.69, 9.17) is 9.84 Å². The van der Waals surface area contributed by atoms with Crippen molar-refractivity contribution in [2.45, 2.75) is 6.92 Å². The highest BCUT2D eigenvalue weighted by molar-refractivity contribution is 5.92. The molecule has 0 aliphatic carbocycles. The summed E-state index contributed by atoms with van der Waals surface area (Å²) in [5.41, 5.74) is 0.364. The summed E-state index contributed by atoms with van der Waals surface area (Å²) < 4.78 is 5.14. The largest absolute Gasteiger partial charge is 0.478 e. The molecule has 0 atom stereocenters. The van der Waals surface area contributed by atoms with E-state index in [1.165, 1.54) is 23.4 Å². The molecule has 0 saturated heterocycles. The Morgan fingerprint density at radius 3 is 2.84 bits per heavy atom. The molecule has 0 aliphatic heterocycles. The van der Waals surface area contributed by atoms with Gasteiger partial charge in [0.25, 0.3) is 0 Å². The van der Waals surface area contributed by atoms with Gasteiger partial charge in [-0.3, -0.25) is 4.98 Å². The molecule has 2 amide bonds. The highest BCUT2D eigenvalue weighted by atomic mass is 16.5.